The van der Waals surface area contributed by atoms with Crippen molar-refractivity contribution < 1.29 is 34.1 Å². The summed E-state index contributed by atoms with van der Waals surface area (Å²) in [5.74, 6) is 1.90. The topological polar surface area (TPSA) is 124 Å². The summed E-state index contributed by atoms with van der Waals surface area (Å²) >= 11 is 0. The number of likely N-dealkylation sites (tertiary alicyclic amines) is 1. The largest absolute Gasteiger partial charge is 0.473 e. The molecule has 1 aliphatic heterocycles. The van der Waals surface area contributed by atoms with Crippen LogP contribution in [0.2, 0.25) is 0 Å². The molecule has 0 aromatic heterocycles. The second kappa shape index (κ2) is 10.2. The van der Waals surface area contributed by atoms with E-state index in [0.29, 0.717) is 19.6 Å². The second-order valence-corrected chi connectivity index (χ2v) is 4.91. The number of hydrogen-bond donors (Lipinski definition) is 2. The Bertz CT molecular complexity index is 507. The zero-order chi connectivity index (χ0) is 18.0. The number of carboxylic acids is 2. The van der Waals surface area contributed by atoms with E-state index in [9.17, 15) is 9.59 Å². The lowest BCUT2D eigenvalue weighted by molar-refractivity contribution is -0.159. The average molecular weight is 328 g/mol. The van der Waals surface area contributed by atoms with Crippen molar-refractivity contribution in [2.24, 2.45) is 0 Å². The Morgan fingerprint density at radius 1 is 1.26 bits per heavy atom. The Labute approximate surface area is 133 Å². The Morgan fingerprint density at radius 2 is 1.83 bits per heavy atom. The molecule has 1 saturated heterocycles. The predicted molar refractivity (Wildman–Crippen MR) is 78.4 cm³/mol. The van der Waals surface area contributed by atoms with Crippen molar-refractivity contribution in [2.75, 3.05) is 33.7 Å². The minimum Gasteiger partial charge on any atom is -0.473 e. The summed E-state index contributed by atoms with van der Waals surface area (Å²) in [6, 6.07) is 0. The van der Waals surface area contributed by atoms with E-state index >= 15 is 0 Å². The zero-order valence-electron chi connectivity index (χ0n) is 13.2. The van der Waals surface area contributed by atoms with Gasteiger partial charge in [-0.3, -0.25) is 14.5 Å². The van der Waals surface area contributed by atoms with Crippen LogP contribution in [0, 0.1) is 11.8 Å². The molecule has 9 heteroatoms. The van der Waals surface area contributed by atoms with Crippen LogP contribution in [0.5, 0.6) is 0 Å². The van der Waals surface area contributed by atoms with Crippen LogP contribution in [-0.4, -0.2) is 83.7 Å². The first kappa shape index (κ1) is 20.4. The number of amides is 1. The fourth-order valence-electron chi connectivity index (χ4n) is 1.57. The normalized spacial score (nSPS) is 16.1. The molecule has 1 aliphatic rings. The Hall–Kier alpha value is -2.60. The fourth-order valence-corrected chi connectivity index (χ4v) is 1.57. The molecule has 1 heterocycles. The van der Waals surface area contributed by atoms with E-state index in [4.69, 9.17) is 24.5 Å². The molecule has 0 unspecified atom stereocenters. The molecule has 1 amide bonds. The number of carboxylic acid groups (broad SMARTS) is 2. The number of esters is 1. The molecule has 1 atom stereocenters. The first-order valence-corrected chi connectivity index (χ1v) is 6.65. The third-order valence-electron chi connectivity index (χ3n) is 2.48. The van der Waals surface area contributed by atoms with E-state index < -0.39 is 11.9 Å². The lowest BCUT2D eigenvalue weighted by Crippen LogP contribution is -2.27. The number of ether oxygens (including phenoxy) is 1. The zero-order valence-corrected chi connectivity index (χ0v) is 13.2. The second-order valence-electron chi connectivity index (χ2n) is 4.91. The molecule has 0 aromatic carbocycles. The van der Waals surface area contributed by atoms with Crippen molar-refractivity contribution in [3.05, 3.63) is 0 Å². The molecule has 0 saturated carbocycles. The number of aliphatic carboxylic acids is 2. The van der Waals surface area contributed by atoms with Gasteiger partial charge in [0.2, 0.25) is 5.91 Å². The van der Waals surface area contributed by atoms with Crippen LogP contribution in [0.4, 0.5) is 0 Å². The van der Waals surface area contributed by atoms with Crippen molar-refractivity contribution in [3.8, 4) is 11.8 Å². The van der Waals surface area contributed by atoms with E-state index in [-0.39, 0.29) is 24.4 Å². The summed E-state index contributed by atoms with van der Waals surface area (Å²) in [5, 5.41) is 14.8. The van der Waals surface area contributed by atoms with E-state index in [2.05, 4.69) is 11.8 Å². The lowest BCUT2D eigenvalue weighted by Gasteiger charge is -2.12. The third kappa shape index (κ3) is 9.87. The molecule has 1 fully saturated rings. The predicted octanol–water partition coefficient (Wildman–Crippen LogP) is -1.13. The van der Waals surface area contributed by atoms with Gasteiger partial charge < -0.3 is 19.8 Å². The van der Waals surface area contributed by atoms with E-state index in [1.807, 2.05) is 19.0 Å². The molecule has 0 aromatic rings. The smallest absolute Gasteiger partial charge is 0.414 e. The van der Waals surface area contributed by atoms with Crippen LogP contribution in [0.1, 0.15) is 13.3 Å². The van der Waals surface area contributed by atoms with Crippen LogP contribution < -0.4 is 0 Å². The summed E-state index contributed by atoms with van der Waals surface area (Å²) < 4.78 is 5.00. The number of rotatable bonds is 3. The highest BCUT2D eigenvalue weighted by Crippen LogP contribution is 2.13. The van der Waals surface area contributed by atoms with Crippen LogP contribution >= 0.6 is 0 Å². The van der Waals surface area contributed by atoms with Crippen molar-refractivity contribution >= 4 is 23.8 Å². The maximum atomic E-state index is 11.6. The maximum absolute atomic E-state index is 11.6. The number of carbonyl (C=O) groups excluding carboxylic acids is 2. The van der Waals surface area contributed by atoms with Gasteiger partial charge in [0.25, 0.3) is 0 Å². The van der Waals surface area contributed by atoms with Gasteiger partial charge >= 0.3 is 17.9 Å². The van der Waals surface area contributed by atoms with Gasteiger partial charge in [0.1, 0.15) is 6.10 Å². The molecule has 2 N–H and O–H groups in total. The van der Waals surface area contributed by atoms with Gasteiger partial charge in [0.15, 0.2) is 0 Å². The molecular weight excluding hydrogens is 308 g/mol. The van der Waals surface area contributed by atoms with Gasteiger partial charge in [-0.05, 0) is 14.1 Å². The van der Waals surface area contributed by atoms with E-state index in [1.165, 1.54) is 6.92 Å². The summed E-state index contributed by atoms with van der Waals surface area (Å²) in [6.45, 7) is 2.89. The fraction of sp³-hybridized carbons (Fsp3) is 0.571. The van der Waals surface area contributed by atoms with Crippen LogP contribution in [0.15, 0.2) is 0 Å². The highest BCUT2D eigenvalue weighted by molar-refractivity contribution is 6.27. The first-order valence-electron chi connectivity index (χ1n) is 6.65. The molecule has 0 bridgehead atoms. The van der Waals surface area contributed by atoms with Gasteiger partial charge in [-0.2, -0.15) is 0 Å². The minimum atomic E-state index is -1.82. The van der Waals surface area contributed by atoms with Crippen molar-refractivity contribution in [3.63, 3.8) is 0 Å². The van der Waals surface area contributed by atoms with Crippen molar-refractivity contribution in [2.45, 2.75) is 19.4 Å². The molecule has 0 spiro atoms. The maximum Gasteiger partial charge on any atom is 0.414 e. The Kier molecular flexibility index (Phi) is 9.03. The number of nitrogens with zero attached hydrogens (tertiary/aromatic N) is 2. The van der Waals surface area contributed by atoms with Gasteiger partial charge in [0.05, 0.1) is 26.1 Å². The summed E-state index contributed by atoms with van der Waals surface area (Å²) in [4.78, 5) is 44.1. The Morgan fingerprint density at radius 3 is 2.26 bits per heavy atom. The number of carbonyl (C=O) groups is 4. The Balaban J connectivity index is 0.000000688. The summed E-state index contributed by atoms with van der Waals surface area (Å²) in [7, 11) is 3.87. The molecule has 23 heavy (non-hydrogen) atoms. The van der Waals surface area contributed by atoms with Gasteiger partial charge in [-0.15, -0.1) is 0 Å². The molecule has 9 nitrogen and oxygen atoms in total. The minimum absolute atomic E-state index is 0.00426. The highest BCUT2D eigenvalue weighted by Gasteiger charge is 2.30. The van der Waals surface area contributed by atoms with E-state index in [0.717, 1.165) is 0 Å². The molecule has 1 rings (SSSR count). The SMILES string of the molecule is CC(=O)O[C@H]1CC(=O)N(CC#CCN(C)C)C1.O=C(O)C(=O)O. The lowest BCUT2D eigenvalue weighted by atomic mass is 10.3. The van der Waals surface area contributed by atoms with Crippen molar-refractivity contribution in [1.82, 2.24) is 9.80 Å². The molecule has 128 valence electrons. The third-order valence-corrected chi connectivity index (χ3v) is 2.48. The summed E-state index contributed by atoms with van der Waals surface area (Å²) in [6.07, 6.45) is -0.0368. The average Bonchev–Trinajstić information content (AvgIpc) is 2.74. The van der Waals surface area contributed by atoms with E-state index in [1.54, 1.807) is 4.90 Å². The number of hydrogen-bond acceptors (Lipinski definition) is 6. The monoisotopic (exact) mass is 328 g/mol. The van der Waals surface area contributed by atoms with Crippen LogP contribution in [0.3, 0.4) is 0 Å². The molecular formula is C14H20N2O7. The molecule has 0 radical (unpaired) electrons. The molecule has 0 aliphatic carbocycles. The van der Waals surface area contributed by atoms with Gasteiger partial charge in [-0.25, -0.2) is 9.59 Å². The van der Waals surface area contributed by atoms with Gasteiger partial charge in [-0.1, -0.05) is 11.8 Å². The first-order chi connectivity index (χ1) is 10.6. The van der Waals surface area contributed by atoms with Crippen LogP contribution in [0.25, 0.3) is 0 Å². The highest BCUT2D eigenvalue weighted by atomic mass is 16.5. The summed E-state index contributed by atoms with van der Waals surface area (Å²) in [5.41, 5.74) is 0. The van der Waals surface area contributed by atoms with Gasteiger partial charge in [0, 0.05) is 6.92 Å². The standard InChI is InChI=1S/C12H18N2O3.C2H2O4/c1-10(15)17-11-8-12(16)14(9-11)7-5-4-6-13(2)3;3-1(4)2(5)6/h11H,6-9H2,1-3H3;(H,3,4)(H,5,6)/t11-;/m0./s1. The van der Waals surface area contributed by atoms with Crippen LogP contribution in [-0.2, 0) is 23.9 Å². The van der Waals surface area contributed by atoms with Crippen molar-refractivity contribution in [1.29, 1.82) is 0 Å². The quantitative estimate of drug-likeness (QED) is 0.379.